The Kier molecular flexibility index (Phi) is 20.0. The second kappa shape index (κ2) is 24.4. The largest absolute Gasteiger partial charge is 0.498 e. The highest BCUT2D eigenvalue weighted by Gasteiger charge is 2.17. The summed E-state index contributed by atoms with van der Waals surface area (Å²) in [7, 11) is 0. The highest BCUT2D eigenvalue weighted by molar-refractivity contribution is 5.99. The second-order valence-corrected chi connectivity index (χ2v) is 10.9. The lowest BCUT2D eigenvalue weighted by atomic mass is 10.0. The van der Waals surface area contributed by atoms with Crippen molar-refractivity contribution >= 4 is 11.9 Å². The molecule has 0 saturated heterocycles. The van der Waals surface area contributed by atoms with Crippen LogP contribution in [0.5, 0.6) is 5.75 Å². The van der Waals surface area contributed by atoms with Crippen molar-refractivity contribution < 1.29 is 27.8 Å². The van der Waals surface area contributed by atoms with Crippen LogP contribution in [0.1, 0.15) is 82.0 Å². The van der Waals surface area contributed by atoms with Crippen molar-refractivity contribution in [3.05, 3.63) is 139 Å². The molecule has 0 aliphatic heterocycles. The first-order chi connectivity index (χ1) is 23.3. The van der Waals surface area contributed by atoms with Gasteiger partial charge in [0.2, 0.25) is 0 Å². The number of hydrogen-bond donors (Lipinski definition) is 1. The molecule has 0 radical (unpaired) electrons. The normalized spacial score (nSPS) is 12.0. The number of benzene rings is 2. The summed E-state index contributed by atoms with van der Waals surface area (Å²) in [5, 5.41) is 2.77. The van der Waals surface area contributed by atoms with E-state index in [1.54, 1.807) is 0 Å². The van der Waals surface area contributed by atoms with Crippen LogP contribution in [0.25, 0.3) is 11.1 Å². The molecule has 0 bridgehead atoms. The van der Waals surface area contributed by atoms with Crippen LogP contribution in [0.3, 0.4) is 0 Å². The standard InChI is InChI=1S/C41H49F2NO4/c1-4-5-6-7-8-9-10-11-12-13-14-15-16-17-18-19-20-21-22-24-33(2)47-30-23-29-44-41(46)38-31-35(25-28-40(38)48-34(3)45)37-27-26-36(42)32-39(37)43/h5-6,8-9,11-12,14-15,17-18,20-21,25-28,31-32H,2,4,7,10,13,16,19,22-24,29-30H2,1,3H3,(H,44,46). The second-order valence-electron chi connectivity index (χ2n) is 10.9. The monoisotopic (exact) mass is 657 g/mol. The van der Waals surface area contributed by atoms with E-state index in [1.807, 2.05) is 0 Å². The maximum atomic E-state index is 14.3. The molecule has 0 unspecified atom stereocenters. The summed E-state index contributed by atoms with van der Waals surface area (Å²) in [6.07, 6.45) is 34.0. The van der Waals surface area contributed by atoms with Gasteiger partial charge in [0.05, 0.1) is 17.9 Å². The first kappa shape index (κ1) is 39.4. The molecule has 0 aliphatic carbocycles. The average molecular weight is 658 g/mol. The molecule has 5 nitrogen and oxygen atoms in total. The zero-order valence-corrected chi connectivity index (χ0v) is 28.3. The Balaban J connectivity index is 1.61. The fourth-order valence-electron chi connectivity index (χ4n) is 4.38. The SMILES string of the molecule is C=C(CCC=CCC=CCC=CCC=CCC=CCC=CCC)OCCCNC(=O)c1cc(-c2ccc(F)cc2F)ccc1OC(C)=O. The first-order valence-corrected chi connectivity index (χ1v) is 16.6. The minimum Gasteiger partial charge on any atom is -0.498 e. The van der Waals surface area contributed by atoms with E-state index in [2.05, 4.69) is 91.7 Å². The van der Waals surface area contributed by atoms with E-state index in [9.17, 15) is 18.4 Å². The Morgan fingerprint density at radius 3 is 1.94 bits per heavy atom. The Labute approximate surface area is 285 Å². The van der Waals surface area contributed by atoms with Gasteiger partial charge in [-0.15, -0.1) is 0 Å². The summed E-state index contributed by atoms with van der Waals surface area (Å²) < 4.78 is 38.6. The number of ether oxygens (including phenoxy) is 2. The zero-order valence-electron chi connectivity index (χ0n) is 28.3. The van der Waals surface area contributed by atoms with E-state index in [0.29, 0.717) is 37.3 Å². The van der Waals surface area contributed by atoms with Crippen LogP contribution in [-0.2, 0) is 9.53 Å². The quantitative estimate of drug-likeness (QED) is 0.0450. The fraction of sp³-hybridized carbons (Fsp3) is 0.317. The van der Waals surface area contributed by atoms with Crippen LogP contribution in [0, 0.1) is 11.6 Å². The summed E-state index contributed by atoms with van der Waals surface area (Å²) in [6.45, 7) is 8.01. The Morgan fingerprint density at radius 1 is 0.792 bits per heavy atom. The number of nitrogens with one attached hydrogen (secondary N) is 1. The molecule has 7 heteroatoms. The van der Waals surface area contributed by atoms with Crippen LogP contribution in [-0.4, -0.2) is 25.0 Å². The predicted octanol–water partition coefficient (Wildman–Crippen LogP) is 10.7. The number of halogens is 2. The number of carbonyl (C=O) groups excluding carboxylic acids is 2. The third-order valence-corrected chi connectivity index (χ3v) is 6.82. The Morgan fingerprint density at radius 2 is 1.38 bits per heavy atom. The van der Waals surface area contributed by atoms with E-state index in [0.717, 1.165) is 57.1 Å². The minimum absolute atomic E-state index is 0.0466. The molecule has 1 amide bonds. The summed E-state index contributed by atoms with van der Waals surface area (Å²) in [4.78, 5) is 24.5. The van der Waals surface area contributed by atoms with E-state index in [1.165, 1.54) is 31.2 Å². The van der Waals surface area contributed by atoms with Crippen molar-refractivity contribution in [1.29, 1.82) is 0 Å². The topological polar surface area (TPSA) is 64.6 Å². The molecule has 0 fully saturated rings. The van der Waals surface area contributed by atoms with Crippen LogP contribution in [0.15, 0.2) is 122 Å². The lowest BCUT2D eigenvalue weighted by molar-refractivity contribution is -0.131. The van der Waals surface area contributed by atoms with Gasteiger partial charge in [-0.25, -0.2) is 8.78 Å². The van der Waals surface area contributed by atoms with Gasteiger partial charge in [-0.3, -0.25) is 9.59 Å². The van der Waals surface area contributed by atoms with Gasteiger partial charge < -0.3 is 14.8 Å². The van der Waals surface area contributed by atoms with Crippen molar-refractivity contribution in [3.63, 3.8) is 0 Å². The average Bonchev–Trinajstić information content (AvgIpc) is 3.05. The lowest BCUT2D eigenvalue weighted by Gasteiger charge is -2.13. The molecule has 0 atom stereocenters. The number of rotatable bonds is 22. The molecule has 256 valence electrons. The van der Waals surface area contributed by atoms with Gasteiger partial charge >= 0.3 is 5.97 Å². The molecule has 0 spiro atoms. The van der Waals surface area contributed by atoms with Gasteiger partial charge in [0, 0.05) is 31.5 Å². The summed E-state index contributed by atoms with van der Waals surface area (Å²) in [6, 6.07) is 7.53. The highest BCUT2D eigenvalue weighted by atomic mass is 19.1. The molecule has 0 aliphatic rings. The third-order valence-electron chi connectivity index (χ3n) is 6.82. The third kappa shape index (κ3) is 17.2. The van der Waals surface area contributed by atoms with Crippen molar-refractivity contribution in [2.75, 3.05) is 13.2 Å². The van der Waals surface area contributed by atoms with Gasteiger partial charge in [0.15, 0.2) is 0 Å². The lowest BCUT2D eigenvalue weighted by Crippen LogP contribution is -2.26. The van der Waals surface area contributed by atoms with Crippen LogP contribution in [0.2, 0.25) is 0 Å². The summed E-state index contributed by atoms with van der Waals surface area (Å²) in [5.74, 6) is -1.84. The Bertz CT molecular complexity index is 1480. The van der Waals surface area contributed by atoms with E-state index < -0.39 is 23.5 Å². The van der Waals surface area contributed by atoms with Crippen LogP contribution >= 0.6 is 0 Å². The van der Waals surface area contributed by atoms with E-state index in [4.69, 9.17) is 9.47 Å². The van der Waals surface area contributed by atoms with Crippen molar-refractivity contribution in [1.82, 2.24) is 5.32 Å². The molecule has 2 aromatic carbocycles. The van der Waals surface area contributed by atoms with Gasteiger partial charge in [0.25, 0.3) is 5.91 Å². The van der Waals surface area contributed by atoms with Crippen molar-refractivity contribution in [2.24, 2.45) is 0 Å². The van der Waals surface area contributed by atoms with Gasteiger partial charge in [-0.2, -0.15) is 0 Å². The van der Waals surface area contributed by atoms with Gasteiger partial charge in [0.1, 0.15) is 17.4 Å². The summed E-state index contributed by atoms with van der Waals surface area (Å²) in [5.41, 5.74) is 0.531. The molecule has 0 saturated carbocycles. The molecule has 0 aromatic heterocycles. The van der Waals surface area contributed by atoms with Crippen LogP contribution < -0.4 is 10.1 Å². The molecule has 2 aromatic rings. The Hall–Kier alpha value is -4.78. The molecule has 1 N–H and O–H groups in total. The van der Waals surface area contributed by atoms with E-state index in [-0.39, 0.29) is 16.9 Å². The molecule has 2 rings (SSSR count). The maximum Gasteiger partial charge on any atom is 0.308 e. The van der Waals surface area contributed by atoms with Crippen molar-refractivity contribution in [2.45, 2.75) is 71.6 Å². The highest BCUT2D eigenvalue weighted by Crippen LogP contribution is 2.29. The van der Waals surface area contributed by atoms with Crippen LogP contribution in [0.4, 0.5) is 8.78 Å². The molecule has 0 heterocycles. The molecular formula is C41H49F2NO4. The number of allylic oxidation sites excluding steroid dienone is 13. The van der Waals surface area contributed by atoms with E-state index >= 15 is 0 Å². The zero-order chi connectivity index (χ0) is 34.8. The molecular weight excluding hydrogens is 608 g/mol. The van der Waals surface area contributed by atoms with Gasteiger partial charge in [-0.1, -0.05) is 92.5 Å². The number of esters is 1. The fourth-order valence-corrected chi connectivity index (χ4v) is 4.38. The number of carbonyl (C=O) groups is 2. The predicted molar refractivity (Wildman–Crippen MR) is 193 cm³/mol. The minimum atomic E-state index is -0.764. The molecule has 48 heavy (non-hydrogen) atoms. The maximum absolute atomic E-state index is 14.3. The van der Waals surface area contributed by atoms with Gasteiger partial charge in [-0.05, 0) is 81.2 Å². The number of hydrogen-bond acceptors (Lipinski definition) is 4. The summed E-state index contributed by atoms with van der Waals surface area (Å²) >= 11 is 0. The van der Waals surface area contributed by atoms with Crippen molar-refractivity contribution in [3.8, 4) is 16.9 Å². The number of amides is 1. The first-order valence-electron chi connectivity index (χ1n) is 16.6. The smallest absolute Gasteiger partial charge is 0.308 e.